The highest BCUT2D eigenvalue weighted by Gasteiger charge is 2.23. The van der Waals surface area contributed by atoms with Gasteiger partial charge in [0.25, 0.3) is 0 Å². The third kappa shape index (κ3) is 4.14. The molecule has 1 aliphatic carbocycles. The van der Waals surface area contributed by atoms with Crippen LogP contribution < -0.4 is 10.5 Å². The summed E-state index contributed by atoms with van der Waals surface area (Å²) in [6, 6.07) is 6.42. The van der Waals surface area contributed by atoms with Gasteiger partial charge in [-0.05, 0) is 18.9 Å². The zero-order valence-electron chi connectivity index (χ0n) is 11.3. The van der Waals surface area contributed by atoms with Gasteiger partial charge in [-0.2, -0.15) is 0 Å². The predicted molar refractivity (Wildman–Crippen MR) is 80.2 cm³/mol. The van der Waals surface area contributed by atoms with Crippen molar-refractivity contribution >= 4 is 17.2 Å². The first-order valence-corrected chi connectivity index (χ1v) is 7.12. The van der Waals surface area contributed by atoms with E-state index in [9.17, 15) is 0 Å². The molecule has 1 aliphatic rings. The summed E-state index contributed by atoms with van der Waals surface area (Å²) >= 11 is 5.06. The Labute approximate surface area is 120 Å². The van der Waals surface area contributed by atoms with E-state index in [0.717, 1.165) is 12.2 Å². The van der Waals surface area contributed by atoms with Crippen LogP contribution in [0.25, 0.3) is 0 Å². The molecule has 4 nitrogen and oxygen atoms in total. The molecular formula is C14H21N3OS. The summed E-state index contributed by atoms with van der Waals surface area (Å²) < 4.78 is 5.16. The van der Waals surface area contributed by atoms with Crippen LogP contribution in [0.5, 0.6) is 5.88 Å². The lowest BCUT2D eigenvalue weighted by atomic mass is 10.2. The van der Waals surface area contributed by atoms with E-state index in [-0.39, 0.29) is 0 Å². The molecule has 2 N–H and O–H groups in total. The maximum Gasteiger partial charge on any atom is 0.213 e. The van der Waals surface area contributed by atoms with Crippen molar-refractivity contribution in [1.29, 1.82) is 0 Å². The molecule has 1 aromatic heterocycles. The van der Waals surface area contributed by atoms with E-state index in [1.807, 2.05) is 18.2 Å². The van der Waals surface area contributed by atoms with Crippen molar-refractivity contribution < 1.29 is 4.74 Å². The van der Waals surface area contributed by atoms with Gasteiger partial charge in [0.05, 0.1) is 17.8 Å². The Bertz CT molecular complexity index is 432. The van der Waals surface area contributed by atoms with Crippen LogP contribution in [0.1, 0.15) is 31.4 Å². The third-order valence-corrected chi connectivity index (χ3v) is 3.68. The molecule has 1 fully saturated rings. The third-order valence-electron chi connectivity index (χ3n) is 3.56. The molecule has 0 spiro atoms. The molecule has 5 heteroatoms. The van der Waals surface area contributed by atoms with Crippen molar-refractivity contribution in [1.82, 2.24) is 9.88 Å². The molecule has 0 atom stereocenters. The van der Waals surface area contributed by atoms with Gasteiger partial charge in [0.15, 0.2) is 0 Å². The molecule has 2 rings (SSSR count). The first kappa shape index (κ1) is 14.2. The van der Waals surface area contributed by atoms with Gasteiger partial charge in [-0.1, -0.05) is 31.1 Å². The van der Waals surface area contributed by atoms with Gasteiger partial charge < -0.3 is 10.5 Å². The summed E-state index contributed by atoms with van der Waals surface area (Å²) in [5.41, 5.74) is 6.72. The standard InChI is InChI=1S/C14H21N3OS/c1-18-14-8-4-5-11(16-14)9-17(10-13(15)19)12-6-2-3-7-12/h4-5,8,12H,2-3,6-7,9-10H2,1H3,(H2,15,19). The van der Waals surface area contributed by atoms with Crippen LogP contribution in [0.2, 0.25) is 0 Å². The van der Waals surface area contributed by atoms with Gasteiger partial charge in [0, 0.05) is 25.2 Å². The van der Waals surface area contributed by atoms with Crippen LogP contribution in [0.4, 0.5) is 0 Å². The van der Waals surface area contributed by atoms with Crippen molar-refractivity contribution in [2.24, 2.45) is 5.73 Å². The zero-order chi connectivity index (χ0) is 13.7. The topological polar surface area (TPSA) is 51.4 Å². The largest absolute Gasteiger partial charge is 0.481 e. The van der Waals surface area contributed by atoms with Gasteiger partial charge in [-0.15, -0.1) is 0 Å². The molecule has 1 aromatic rings. The second kappa shape index (κ2) is 6.82. The molecule has 0 aromatic carbocycles. The van der Waals surface area contributed by atoms with Gasteiger partial charge in [0.2, 0.25) is 5.88 Å². The van der Waals surface area contributed by atoms with E-state index in [2.05, 4.69) is 9.88 Å². The predicted octanol–water partition coefficient (Wildman–Crippen LogP) is 2.12. The number of methoxy groups -OCH3 is 1. The number of pyridine rings is 1. The molecule has 19 heavy (non-hydrogen) atoms. The van der Waals surface area contributed by atoms with E-state index < -0.39 is 0 Å². The number of ether oxygens (including phenoxy) is 1. The summed E-state index contributed by atoms with van der Waals surface area (Å²) in [6.07, 6.45) is 5.05. The summed E-state index contributed by atoms with van der Waals surface area (Å²) in [4.78, 5) is 7.36. The smallest absolute Gasteiger partial charge is 0.213 e. The molecule has 104 valence electrons. The summed E-state index contributed by atoms with van der Waals surface area (Å²) in [5.74, 6) is 0.652. The number of nitrogens with zero attached hydrogens (tertiary/aromatic N) is 2. The Hall–Kier alpha value is -1.20. The lowest BCUT2D eigenvalue weighted by molar-refractivity contribution is 0.215. The van der Waals surface area contributed by atoms with Crippen LogP contribution in [0.15, 0.2) is 18.2 Å². The second-order valence-corrected chi connectivity index (χ2v) is 5.51. The Morgan fingerprint density at radius 3 is 2.84 bits per heavy atom. The first-order chi connectivity index (χ1) is 9.19. The molecule has 0 unspecified atom stereocenters. The Morgan fingerprint density at radius 2 is 2.21 bits per heavy atom. The average molecular weight is 279 g/mol. The average Bonchev–Trinajstić information content (AvgIpc) is 2.91. The molecule has 0 amide bonds. The summed E-state index contributed by atoms with van der Waals surface area (Å²) in [6.45, 7) is 1.44. The first-order valence-electron chi connectivity index (χ1n) is 6.71. The van der Waals surface area contributed by atoms with Gasteiger partial charge in [-0.25, -0.2) is 4.98 Å². The minimum absolute atomic E-state index is 0.551. The van der Waals surface area contributed by atoms with Crippen molar-refractivity contribution in [2.75, 3.05) is 13.7 Å². The molecule has 0 radical (unpaired) electrons. The van der Waals surface area contributed by atoms with Crippen molar-refractivity contribution in [2.45, 2.75) is 38.3 Å². The molecular weight excluding hydrogens is 258 g/mol. The van der Waals surface area contributed by atoms with Crippen molar-refractivity contribution in [3.63, 3.8) is 0 Å². The van der Waals surface area contributed by atoms with E-state index >= 15 is 0 Å². The molecule has 1 heterocycles. The van der Waals surface area contributed by atoms with E-state index in [1.54, 1.807) is 7.11 Å². The number of aromatic nitrogens is 1. The molecule has 0 saturated heterocycles. The summed E-state index contributed by atoms with van der Waals surface area (Å²) in [7, 11) is 1.63. The van der Waals surface area contributed by atoms with Gasteiger partial charge in [-0.3, -0.25) is 4.90 Å². The Kier molecular flexibility index (Phi) is 5.10. The highest BCUT2D eigenvalue weighted by Crippen LogP contribution is 2.24. The quantitative estimate of drug-likeness (QED) is 0.808. The van der Waals surface area contributed by atoms with E-state index in [0.29, 0.717) is 23.5 Å². The highest BCUT2D eigenvalue weighted by molar-refractivity contribution is 7.80. The van der Waals surface area contributed by atoms with Crippen molar-refractivity contribution in [3.8, 4) is 5.88 Å². The van der Waals surface area contributed by atoms with Crippen LogP contribution in [-0.2, 0) is 6.54 Å². The Balaban J connectivity index is 2.07. The lowest BCUT2D eigenvalue weighted by Gasteiger charge is -2.28. The van der Waals surface area contributed by atoms with Gasteiger partial charge in [0.1, 0.15) is 0 Å². The maximum absolute atomic E-state index is 5.72. The second-order valence-electron chi connectivity index (χ2n) is 4.98. The molecule has 1 saturated carbocycles. The van der Waals surface area contributed by atoms with Crippen LogP contribution in [0, 0.1) is 0 Å². The fraction of sp³-hybridized carbons (Fsp3) is 0.571. The van der Waals surface area contributed by atoms with Crippen LogP contribution in [0.3, 0.4) is 0 Å². The van der Waals surface area contributed by atoms with Crippen LogP contribution >= 0.6 is 12.2 Å². The van der Waals surface area contributed by atoms with Crippen LogP contribution in [-0.4, -0.2) is 34.6 Å². The van der Waals surface area contributed by atoms with E-state index in [4.69, 9.17) is 22.7 Å². The number of rotatable bonds is 6. The van der Waals surface area contributed by atoms with Crippen molar-refractivity contribution in [3.05, 3.63) is 23.9 Å². The van der Waals surface area contributed by atoms with Gasteiger partial charge >= 0.3 is 0 Å². The number of thiocarbonyl (C=S) groups is 1. The highest BCUT2D eigenvalue weighted by atomic mass is 32.1. The monoisotopic (exact) mass is 279 g/mol. The number of hydrogen-bond donors (Lipinski definition) is 1. The lowest BCUT2D eigenvalue weighted by Crippen LogP contribution is -2.39. The normalized spacial score (nSPS) is 15.9. The van der Waals surface area contributed by atoms with E-state index in [1.165, 1.54) is 25.7 Å². The fourth-order valence-corrected chi connectivity index (χ4v) is 2.82. The minimum Gasteiger partial charge on any atom is -0.481 e. The fourth-order valence-electron chi connectivity index (χ4n) is 2.65. The molecule has 0 aliphatic heterocycles. The number of hydrogen-bond acceptors (Lipinski definition) is 4. The maximum atomic E-state index is 5.72. The minimum atomic E-state index is 0.551. The SMILES string of the molecule is COc1cccc(CN(CC(N)=S)C2CCCC2)n1. The molecule has 0 bridgehead atoms. The Morgan fingerprint density at radius 1 is 1.47 bits per heavy atom. The zero-order valence-corrected chi connectivity index (χ0v) is 12.2. The summed E-state index contributed by atoms with van der Waals surface area (Å²) in [5, 5.41) is 0. The number of nitrogens with two attached hydrogens (primary N) is 1.